The summed E-state index contributed by atoms with van der Waals surface area (Å²) in [6.45, 7) is 10.0. The number of hydrogen-bond donors (Lipinski definition) is 2. The van der Waals surface area contributed by atoms with Crippen molar-refractivity contribution < 1.29 is 4.79 Å². The Labute approximate surface area is 94.0 Å². The van der Waals surface area contributed by atoms with Gasteiger partial charge in [0, 0.05) is 19.0 Å². The third kappa shape index (κ3) is 13.4. The van der Waals surface area contributed by atoms with Gasteiger partial charge in [0.15, 0.2) is 0 Å². The number of carbonyl (C=O) groups excluding carboxylic acids is 1. The van der Waals surface area contributed by atoms with Crippen LogP contribution in [0.3, 0.4) is 0 Å². The lowest BCUT2D eigenvalue weighted by atomic mass is 10.1. The lowest BCUT2D eigenvalue weighted by Crippen LogP contribution is -2.36. The predicted octanol–water partition coefficient (Wildman–Crippen LogP) is 2.07. The summed E-state index contributed by atoms with van der Waals surface area (Å²) in [5.41, 5.74) is 0.232. The predicted molar refractivity (Wildman–Crippen MR) is 64.9 cm³/mol. The molecule has 2 N–H and O–H groups in total. The van der Waals surface area contributed by atoms with Crippen molar-refractivity contribution in [3.63, 3.8) is 0 Å². The zero-order valence-corrected chi connectivity index (χ0v) is 10.7. The molecule has 0 radical (unpaired) electrons. The summed E-state index contributed by atoms with van der Waals surface area (Å²) >= 11 is 0. The molecule has 0 saturated heterocycles. The van der Waals surface area contributed by atoms with Gasteiger partial charge in [-0.1, -0.05) is 12.8 Å². The van der Waals surface area contributed by atoms with E-state index in [-0.39, 0.29) is 11.4 Å². The van der Waals surface area contributed by atoms with Crippen molar-refractivity contribution in [1.82, 2.24) is 10.6 Å². The molecule has 0 aliphatic rings. The molecule has 0 rings (SSSR count). The van der Waals surface area contributed by atoms with Gasteiger partial charge in [0.1, 0.15) is 0 Å². The highest BCUT2D eigenvalue weighted by Crippen LogP contribution is 2.01. The Morgan fingerprint density at radius 1 is 1.00 bits per heavy atom. The average Bonchev–Trinajstić information content (AvgIpc) is 2.07. The van der Waals surface area contributed by atoms with Crippen LogP contribution in [0.5, 0.6) is 0 Å². The topological polar surface area (TPSA) is 41.1 Å². The molecule has 0 aromatic heterocycles. The van der Waals surface area contributed by atoms with Crippen LogP contribution in [0.4, 0.5) is 0 Å². The van der Waals surface area contributed by atoms with Crippen LogP contribution >= 0.6 is 0 Å². The molecule has 0 saturated carbocycles. The van der Waals surface area contributed by atoms with Crippen LogP contribution in [0.1, 0.15) is 53.4 Å². The van der Waals surface area contributed by atoms with E-state index in [0.29, 0.717) is 0 Å². The standard InChI is InChI=1S/C12H26N2O/c1-11(15)13-9-7-5-6-8-10-14-12(2,3)4/h14H,5-10H2,1-4H3,(H,13,15). The Morgan fingerprint density at radius 2 is 1.53 bits per heavy atom. The Balaban J connectivity index is 3.09. The molecule has 0 heterocycles. The minimum Gasteiger partial charge on any atom is -0.356 e. The molecule has 0 atom stereocenters. The van der Waals surface area contributed by atoms with Gasteiger partial charge in [0.2, 0.25) is 5.91 Å². The van der Waals surface area contributed by atoms with Crippen molar-refractivity contribution in [2.75, 3.05) is 13.1 Å². The lowest BCUT2D eigenvalue weighted by molar-refractivity contribution is -0.118. The first-order valence-electron chi connectivity index (χ1n) is 5.91. The maximum atomic E-state index is 10.6. The van der Waals surface area contributed by atoms with Crippen LogP contribution in [0.15, 0.2) is 0 Å². The molecule has 15 heavy (non-hydrogen) atoms. The Kier molecular flexibility index (Phi) is 7.39. The lowest BCUT2D eigenvalue weighted by Gasteiger charge is -2.20. The molecule has 1 amide bonds. The molecule has 0 aliphatic heterocycles. The van der Waals surface area contributed by atoms with Gasteiger partial charge in [-0.15, -0.1) is 0 Å². The smallest absolute Gasteiger partial charge is 0.216 e. The zero-order valence-electron chi connectivity index (χ0n) is 10.7. The van der Waals surface area contributed by atoms with E-state index in [1.807, 2.05) is 0 Å². The average molecular weight is 214 g/mol. The highest BCUT2D eigenvalue weighted by molar-refractivity contribution is 5.72. The first-order valence-corrected chi connectivity index (χ1v) is 5.91. The summed E-state index contributed by atoms with van der Waals surface area (Å²) in [5.74, 6) is 0.0735. The maximum Gasteiger partial charge on any atom is 0.216 e. The van der Waals surface area contributed by atoms with Crippen molar-refractivity contribution in [3.8, 4) is 0 Å². The summed E-state index contributed by atoms with van der Waals surface area (Å²) in [7, 11) is 0. The van der Waals surface area contributed by atoms with Crippen LogP contribution in [-0.2, 0) is 4.79 Å². The van der Waals surface area contributed by atoms with Crippen LogP contribution < -0.4 is 10.6 Å². The van der Waals surface area contributed by atoms with Gasteiger partial charge < -0.3 is 10.6 Å². The first kappa shape index (κ1) is 14.4. The Morgan fingerprint density at radius 3 is 2.00 bits per heavy atom. The van der Waals surface area contributed by atoms with Gasteiger partial charge in [-0.05, 0) is 40.2 Å². The van der Waals surface area contributed by atoms with E-state index in [2.05, 4.69) is 31.4 Å². The second-order valence-corrected chi connectivity index (χ2v) is 5.07. The quantitative estimate of drug-likeness (QED) is 0.637. The van der Waals surface area contributed by atoms with Gasteiger partial charge in [-0.3, -0.25) is 4.79 Å². The highest BCUT2D eigenvalue weighted by Gasteiger charge is 2.06. The SMILES string of the molecule is CC(=O)NCCCCCCNC(C)(C)C. The largest absolute Gasteiger partial charge is 0.356 e. The number of nitrogens with one attached hydrogen (secondary N) is 2. The molecular formula is C12H26N2O. The monoisotopic (exact) mass is 214 g/mol. The first-order chi connectivity index (χ1) is 6.92. The number of rotatable bonds is 7. The van der Waals surface area contributed by atoms with E-state index in [1.54, 1.807) is 6.92 Å². The van der Waals surface area contributed by atoms with Gasteiger partial charge in [-0.25, -0.2) is 0 Å². The van der Waals surface area contributed by atoms with Crippen molar-refractivity contribution in [3.05, 3.63) is 0 Å². The van der Waals surface area contributed by atoms with Crippen molar-refractivity contribution in [1.29, 1.82) is 0 Å². The minimum atomic E-state index is 0.0735. The van der Waals surface area contributed by atoms with Crippen LogP contribution in [0.25, 0.3) is 0 Å². The number of carbonyl (C=O) groups is 1. The second-order valence-electron chi connectivity index (χ2n) is 5.07. The molecule has 3 heteroatoms. The normalized spacial score (nSPS) is 11.5. The van der Waals surface area contributed by atoms with Crippen LogP contribution in [0, 0.1) is 0 Å². The molecule has 0 aromatic carbocycles. The molecule has 90 valence electrons. The summed E-state index contributed by atoms with van der Waals surface area (Å²) in [5, 5.41) is 6.27. The minimum absolute atomic E-state index is 0.0735. The molecule has 3 nitrogen and oxygen atoms in total. The summed E-state index contributed by atoms with van der Waals surface area (Å²) in [4.78, 5) is 10.6. The van der Waals surface area contributed by atoms with E-state index in [1.165, 1.54) is 19.3 Å². The molecule has 0 unspecified atom stereocenters. The van der Waals surface area contributed by atoms with E-state index >= 15 is 0 Å². The second kappa shape index (κ2) is 7.69. The van der Waals surface area contributed by atoms with E-state index in [4.69, 9.17) is 0 Å². The molecule has 0 fully saturated rings. The highest BCUT2D eigenvalue weighted by atomic mass is 16.1. The van der Waals surface area contributed by atoms with Crippen molar-refractivity contribution in [2.45, 2.75) is 58.9 Å². The van der Waals surface area contributed by atoms with Gasteiger partial charge in [-0.2, -0.15) is 0 Å². The van der Waals surface area contributed by atoms with Crippen molar-refractivity contribution >= 4 is 5.91 Å². The third-order valence-electron chi connectivity index (χ3n) is 2.13. The fraction of sp³-hybridized carbons (Fsp3) is 0.917. The van der Waals surface area contributed by atoms with E-state index in [0.717, 1.165) is 19.5 Å². The van der Waals surface area contributed by atoms with Gasteiger partial charge in [0.25, 0.3) is 0 Å². The summed E-state index contributed by atoms with van der Waals surface area (Å²) in [6.07, 6.45) is 4.75. The number of amides is 1. The molecule has 0 aliphatic carbocycles. The summed E-state index contributed by atoms with van der Waals surface area (Å²) in [6, 6.07) is 0. The molecule has 0 bridgehead atoms. The van der Waals surface area contributed by atoms with Gasteiger partial charge >= 0.3 is 0 Å². The summed E-state index contributed by atoms with van der Waals surface area (Å²) < 4.78 is 0. The Hall–Kier alpha value is -0.570. The van der Waals surface area contributed by atoms with Crippen LogP contribution in [-0.4, -0.2) is 24.5 Å². The van der Waals surface area contributed by atoms with Crippen molar-refractivity contribution in [2.24, 2.45) is 0 Å². The fourth-order valence-electron chi connectivity index (χ4n) is 1.33. The maximum absolute atomic E-state index is 10.6. The zero-order chi connectivity index (χ0) is 11.7. The number of unbranched alkanes of at least 4 members (excludes halogenated alkanes) is 3. The van der Waals surface area contributed by atoms with E-state index in [9.17, 15) is 4.79 Å². The molecule has 0 aromatic rings. The Bertz CT molecular complexity index is 173. The molecular weight excluding hydrogens is 188 g/mol. The number of hydrogen-bond acceptors (Lipinski definition) is 2. The van der Waals surface area contributed by atoms with Gasteiger partial charge in [0.05, 0.1) is 0 Å². The third-order valence-corrected chi connectivity index (χ3v) is 2.13. The molecule has 0 spiro atoms. The van der Waals surface area contributed by atoms with E-state index < -0.39 is 0 Å². The van der Waals surface area contributed by atoms with Crippen LogP contribution in [0.2, 0.25) is 0 Å². The fourth-order valence-corrected chi connectivity index (χ4v) is 1.33.